The molecule has 1 rings (SSSR count). The number of nitrogens with zero attached hydrogens (tertiary/aromatic N) is 2. The van der Waals surface area contributed by atoms with Crippen molar-refractivity contribution in [2.24, 2.45) is 12.0 Å². The summed E-state index contributed by atoms with van der Waals surface area (Å²) in [4.78, 5) is 5.27. The molecule has 0 fully saturated rings. The van der Waals surface area contributed by atoms with Crippen LogP contribution in [0.5, 0.6) is 0 Å². The van der Waals surface area contributed by atoms with E-state index < -0.39 is 0 Å². The van der Waals surface area contributed by atoms with Crippen LogP contribution in [0.4, 0.5) is 0 Å². The Kier molecular flexibility index (Phi) is 2.42. The summed E-state index contributed by atoms with van der Waals surface area (Å²) < 4.78 is 2.16. The van der Waals surface area contributed by atoms with Crippen LogP contribution in [-0.2, 0) is 12.5 Å². The molecule has 68 valence electrons. The fraction of sp³-hybridized carbons (Fsp3) is 0.667. The molecule has 12 heavy (non-hydrogen) atoms. The Bertz CT molecular complexity index is 325. The molecule has 1 heterocycles. The first-order chi connectivity index (χ1) is 5.46. The van der Waals surface area contributed by atoms with E-state index in [-0.39, 0.29) is 5.41 Å². The van der Waals surface area contributed by atoms with Crippen LogP contribution in [0.3, 0.4) is 0 Å². The summed E-state index contributed by atoms with van der Waals surface area (Å²) in [5.41, 5.74) is 1.56. The fourth-order valence-corrected chi connectivity index (χ4v) is 2.34. The smallest absolute Gasteiger partial charge is 0.184 e. The van der Waals surface area contributed by atoms with Crippen molar-refractivity contribution in [2.75, 3.05) is 7.05 Å². The molecular formula is C9H16N2S. The average molecular weight is 184 g/mol. The van der Waals surface area contributed by atoms with Gasteiger partial charge in [-0.15, -0.1) is 11.3 Å². The second-order valence-electron chi connectivity index (χ2n) is 3.94. The predicted octanol–water partition coefficient (Wildman–Crippen LogP) is 1.91. The van der Waals surface area contributed by atoms with Gasteiger partial charge in [0.05, 0.1) is 0 Å². The van der Waals surface area contributed by atoms with Crippen molar-refractivity contribution >= 4 is 11.3 Å². The van der Waals surface area contributed by atoms with Crippen LogP contribution < -0.4 is 4.80 Å². The Morgan fingerprint density at radius 1 is 1.42 bits per heavy atom. The molecule has 0 unspecified atom stereocenters. The zero-order chi connectivity index (χ0) is 9.35. The standard InChI is InChI=1S/C9H16N2S/c1-9(2,3)7-6-12-8(10-4)11(7)5/h6H,1-5H3. The Labute approximate surface area is 77.6 Å². The molecule has 0 amide bonds. The SMILES string of the molecule is CN=c1scc(C(C)(C)C)n1C. The zero-order valence-corrected chi connectivity index (χ0v) is 9.20. The minimum absolute atomic E-state index is 0.216. The van der Waals surface area contributed by atoms with E-state index in [4.69, 9.17) is 0 Å². The molecule has 3 heteroatoms. The quantitative estimate of drug-likeness (QED) is 0.586. The summed E-state index contributed by atoms with van der Waals surface area (Å²) in [7, 11) is 3.90. The highest BCUT2D eigenvalue weighted by atomic mass is 32.1. The Hall–Kier alpha value is -0.570. The van der Waals surface area contributed by atoms with Gasteiger partial charge in [-0.25, -0.2) is 0 Å². The Balaban J connectivity index is 3.30. The van der Waals surface area contributed by atoms with E-state index in [9.17, 15) is 0 Å². The third-order valence-corrected chi connectivity index (χ3v) is 2.89. The average Bonchev–Trinajstić information content (AvgIpc) is 2.29. The van der Waals surface area contributed by atoms with E-state index >= 15 is 0 Å². The third kappa shape index (κ3) is 1.61. The maximum absolute atomic E-state index is 4.19. The summed E-state index contributed by atoms with van der Waals surface area (Å²) in [6.45, 7) is 6.65. The van der Waals surface area contributed by atoms with Crippen molar-refractivity contribution in [1.82, 2.24) is 4.57 Å². The van der Waals surface area contributed by atoms with Crippen molar-refractivity contribution in [3.05, 3.63) is 15.9 Å². The number of thiazole rings is 1. The Morgan fingerprint density at radius 2 is 2.00 bits per heavy atom. The first-order valence-corrected chi connectivity index (χ1v) is 4.92. The summed E-state index contributed by atoms with van der Waals surface area (Å²) in [6.07, 6.45) is 0. The molecule has 0 radical (unpaired) electrons. The van der Waals surface area contributed by atoms with Gasteiger partial charge in [-0.3, -0.25) is 4.99 Å². The number of rotatable bonds is 0. The van der Waals surface area contributed by atoms with Crippen molar-refractivity contribution in [3.8, 4) is 0 Å². The maximum atomic E-state index is 4.19. The number of hydrogen-bond acceptors (Lipinski definition) is 2. The van der Waals surface area contributed by atoms with Crippen LogP contribution >= 0.6 is 11.3 Å². The topological polar surface area (TPSA) is 17.3 Å². The lowest BCUT2D eigenvalue weighted by Gasteiger charge is -2.18. The van der Waals surface area contributed by atoms with Crippen LogP contribution in [0.15, 0.2) is 10.4 Å². The van der Waals surface area contributed by atoms with E-state index in [1.165, 1.54) is 5.69 Å². The van der Waals surface area contributed by atoms with Crippen LogP contribution in [0.1, 0.15) is 26.5 Å². The largest absolute Gasteiger partial charge is 0.324 e. The van der Waals surface area contributed by atoms with Gasteiger partial charge in [0.2, 0.25) is 0 Å². The minimum Gasteiger partial charge on any atom is -0.324 e. The van der Waals surface area contributed by atoms with Crippen molar-refractivity contribution in [1.29, 1.82) is 0 Å². The van der Waals surface area contributed by atoms with Crippen LogP contribution in [-0.4, -0.2) is 11.6 Å². The van der Waals surface area contributed by atoms with Gasteiger partial charge in [0.1, 0.15) is 0 Å². The van der Waals surface area contributed by atoms with Gasteiger partial charge in [0.15, 0.2) is 4.80 Å². The maximum Gasteiger partial charge on any atom is 0.184 e. The first kappa shape index (κ1) is 9.52. The predicted molar refractivity (Wildman–Crippen MR) is 53.5 cm³/mol. The monoisotopic (exact) mass is 184 g/mol. The minimum atomic E-state index is 0.216. The lowest BCUT2D eigenvalue weighted by atomic mass is 9.93. The number of hydrogen-bond donors (Lipinski definition) is 0. The Morgan fingerprint density at radius 3 is 2.25 bits per heavy atom. The molecule has 0 spiro atoms. The highest BCUT2D eigenvalue weighted by Crippen LogP contribution is 2.21. The molecule has 0 bridgehead atoms. The second-order valence-corrected chi connectivity index (χ2v) is 4.77. The second kappa shape index (κ2) is 3.05. The van der Waals surface area contributed by atoms with Gasteiger partial charge < -0.3 is 4.57 Å². The van der Waals surface area contributed by atoms with Gasteiger partial charge in [-0.1, -0.05) is 20.8 Å². The molecule has 0 N–H and O–H groups in total. The van der Waals surface area contributed by atoms with Crippen molar-refractivity contribution in [3.63, 3.8) is 0 Å². The lowest BCUT2D eigenvalue weighted by molar-refractivity contribution is 0.537. The zero-order valence-electron chi connectivity index (χ0n) is 8.38. The molecule has 0 aliphatic heterocycles. The highest BCUT2D eigenvalue weighted by molar-refractivity contribution is 7.07. The molecule has 2 nitrogen and oxygen atoms in total. The van der Waals surface area contributed by atoms with Gasteiger partial charge in [-0.05, 0) is 0 Å². The molecule has 0 atom stereocenters. The van der Waals surface area contributed by atoms with Gasteiger partial charge in [-0.2, -0.15) is 0 Å². The first-order valence-electron chi connectivity index (χ1n) is 4.04. The number of aromatic nitrogens is 1. The van der Waals surface area contributed by atoms with E-state index in [0.29, 0.717) is 0 Å². The van der Waals surface area contributed by atoms with E-state index in [0.717, 1.165) is 4.80 Å². The van der Waals surface area contributed by atoms with E-state index in [2.05, 4.69) is 42.8 Å². The molecule has 0 saturated carbocycles. The summed E-state index contributed by atoms with van der Waals surface area (Å²) in [5, 5.41) is 2.18. The molecule has 1 aromatic rings. The molecule has 0 aromatic carbocycles. The third-order valence-electron chi connectivity index (χ3n) is 1.88. The molecule has 0 aliphatic rings. The molecule has 0 aliphatic carbocycles. The highest BCUT2D eigenvalue weighted by Gasteiger charge is 2.17. The normalized spacial score (nSPS) is 13.9. The fourth-order valence-electron chi connectivity index (χ4n) is 1.25. The molecule has 1 aromatic heterocycles. The summed E-state index contributed by atoms with van der Waals surface area (Å²) in [5.74, 6) is 0. The van der Waals surface area contributed by atoms with Gasteiger partial charge in [0.25, 0.3) is 0 Å². The van der Waals surface area contributed by atoms with Crippen LogP contribution in [0, 0.1) is 0 Å². The van der Waals surface area contributed by atoms with Crippen molar-refractivity contribution < 1.29 is 0 Å². The van der Waals surface area contributed by atoms with Crippen LogP contribution in [0.25, 0.3) is 0 Å². The molecular weight excluding hydrogens is 168 g/mol. The summed E-state index contributed by atoms with van der Waals surface area (Å²) >= 11 is 1.70. The summed E-state index contributed by atoms with van der Waals surface area (Å²) in [6, 6.07) is 0. The van der Waals surface area contributed by atoms with E-state index in [1.807, 2.05) is 7.05 Å². The van der Waals surface area contributed by atoms with Gasteiger partial charge >= 0.3 is 0 Å². The lowest BCUT2D eigenvalue weighted by Crippen LogP contribution is -2.21. The van der Waals surface area contributed by atoms with E-state index in [1.54, 1.807) is 11.3 Å². The molecule has 0 saturated heterocycles. The van der Waals surface area contributed by atoms with Gasteiger partial charge in [0, 0.05) is 30.6 Å². The van der Waals surface area contributed by atoms with Crippen LogP contribution in [0.2, 0.25) is 0 Å². The van der Waals surface area contributed by atoms with Crippen molar-refractivity contribution in [2.45, 2.75) is 26.2 Å².